The Bertz CT molecular complexity index is 180. The van der Waals surface area contributed by atoms with Crippen LogP contribution in [0.15, 0.2) is 12.2 Å². The molecule has 0 heterocycles. The Morgan fingerprint density at radius 2 is 2.10 bits per heavy atom. The Kier molecular flexibility index (Phi) is 0.898. The molecular formula is C10H14. The van der Waals surface area contributed by atoms with Gasteiger partial charge in [-0.05, 0) is 42.9 Å². The van der Waals surface area contributed by atoms with Gasteiger partial charge in [-0.15, -0.1) is 0 Å². The first-order valence-electron chi connectivity index (χ1n) is 4.63. The molecule has 2 saturated carbocycles. The Balaban J connectivity index is 2.00. The number of allylic oxidation sites excluding steroid dienone is 2. The summed E-state index contributed by atoms with van der Waals surface area (Å²) in [5, 5.41) is 0. The summed E-state index contributed by atoms with van der Waals surface area (Å²) >= 11 is 0. The van der Waals surface area contributed by atoms with Crippen molar-refractivity contribution in [2.75, 3.05) is 0 Å². The third-order valence-electron chi connectivity index (χ3n) is 3.86. The Labute approximate surface area is 62.3 Å². The van der Waals surface area contributed by atoms with Crippen LogP contribution in [0.2, 0.25) is 0 Å². The molecule has 54 valence electrons. The summed E-state index contributed by atoms with van der Waals surface area (Å²) in [6.07, 6.45) is 11.1. The van der Waals surface area contributed by atoms with Gasteiger partial charge in [0.1, 0.15) is 0 Å². The first-order chi connectivity index (χ1) is 4.95. The smallest absolute Gasteiger partial charge is 0.0171 e. The van der Waals surface area contributed by atoms with Gasteiger partial charge in [0.25, 0.3) is 0 Å². The molecule has 0 radical (unpaired) electrons. The molecule has 4 bridgehead atoms. The summed E-state index contributed by atoms with van der Waals surface area (Å²) in [6, 6.07) is 0. The lowest BCUT2D eigenvalue weighted by Crippen LogP contribution is -2.16. The highest BCUT2D eigenvalue weighted by Gasteiger charge is 2.45. The van der Waals surface area contributed by atoms with Gasteiger partial charge >= 0.3 is 0 Å². The molecule has 0 amide bonds. The van der Waals surface area contributed by atoms with Crippen LogP contribution in [0.25, 0.3) is 0 Å². The lowest BCUT2D eigenvalue weighted by atomic mass is 9.80. The van der Waals surface area contributed by atoms with Crippen LogP contribution in [0.3, 0.4) is 0 Å². The molecule has 0 aromatic carbocycles. The zero-order valence-corrected chi connectivity index (χ0v) is 6.29. The molecule has 0 nitrogen and oxygen atoms in total. The maximum atomic E-state index is 2.50. The number of hydrogen-bond acceptors (Lipinski definition) is 0. The Morgan fingerprint density at radius 3 is 2.90 bits per heavy atom. The number of rotatable bonds is 0. The van der Waals surface area contributed by atoms with E-state index in [9.17, 15) is 0 Å². The van der Waals surface area contributed by atoms with Crippen molar-refractivity contribution in [2.45, 2.75) is 25.7 Å². The maximum absolute atomic E-state index is 2.50. The van der Waals surface area contributed by atoms with Gasteiger partial charge in [0.05, 0.1) is 0 Å². The van der Waals surface area contributed by atoms with Crippen LogP contribution in [0.4, 0.5) is 0 Å². The van der Waals surface area contributed by atoms with Crippen molar-refractivity contribution in [3.63, 3.8) is 0 Å². The minimum Gasteiger partial charge on any atom is -0.0848 e. The molecular weight excluding hydrogens is 120 g/mol. The van der Waals surface area contributed by atoms with Crippen molar-refractivity contribution in [1.82, 2.24) is 0 Å². The van der Waals surface area contributed by atoms with Crippen LogP contribution < -0.4 is 0 Å². The van der Waals surface area contributed by atoms with Crippen molar-refractivity contribution in [3.8, 4) is 0 Å². The highest BCUT2D eigenvalue weighted by atomic mass is 14.5. The third-order valence-corrected chi connectivity index (χ3v) is 3.86. The first-order valence-corrected chi connectivity index (χ1v) is 4.63. The fourth-order valence-corrected chi connectivity index (χ4v) is 3.44. The summed E-state index contributed by atoms with van der Waals surface area (Å²) < 4.78 is 0. The van der Waals surface area contributed by atoms with E-state index in [0.717, 1.165) is 23.7 Å². The summed E-state index contributed by atoms with van der Waals surface area (Å²) in [5.74, 6) is 4.24. The second kappa shape index (κ2) is 1.66. The van der Waals surface area contributed by atoms with E-state index in [1.807, 2.05) is 0 Å². The van der Waals surface area contributed by atoms with Crippen molar-refractivity contribution >= 4 is 0 Å². The van der Waals surface area contributed by atoms with Crippen molar-refractivity contribution in [2.24, 2.45) is 23.7 Å². The standard InChI is InChI=1S/C10H14/c1-2-7-6-8-4-5-10(7)9(8)3-1/h4-5,7-10H,1-3,6H2. The fraction of sp³-hybridized carbons (Fsp3) is 0.800. The predicted molar refractivity (Wildman–Crippen MR) is 41.6 cm³/mol. The Morgan fingerprint density at radius 1 is 1.10 bits per heavy atom. The predicted octanol–water partition coefficient (Wildman–Crippen LogP) is 2.61. The van der Waals surface area contributed by atoms with Gasteiger partial charge < -0.3 is 0 Å². The molecule has 3 aliphatic carbocycles. The normalized spacial score (nSPS) is 56.0. The second-order valence-electron chi connectivity index (χ2n) is 4.22. The van der Waals surface area contributed by atoms with Crippen molar-refractivity contribution in [1.29, 1.82) is 0 Å². The molecule has 4 unspecified atom stereocenters. The molecule has 10 heavy (non-hydrogen) atoms. The lowest BCUT2D eigenvalue weighted by molar-refractivity contribution is 0.280. The molecule has 3 aliphatic rings. The Hall–Kier alpha value is -0.260. The van der Waals surface area contributed by atoms with Gasteiger partial charge in [-0.3, -0.25) is 0 Å². The average molecular weight is 134 g/mol. The second-order valence-corrected chi connectivity index (χ2v) is 4.22. The van der Waals surface area contributed by atoms with E-state index in [1.165, 1.54) is 25.7 Å². The van der Waals surface area contributed by atoms with E-state index in [0.29, 0.717) is 0 Å². The summed E-state index contributed by atoms with van der Waals surface area (Å²) in [7, 11) is 0. The molecule has 4 atom stereocenters. The van der Waals surface area contributed by atoms with Crippen LogP contribution in [-0.2, 0) is 0 Å². The molecule has 0 aromatic heterocycles. The van der Waals surface area contributed by atoms with E-state index < -0.39 is 0 Å². The van der Waals surface area contributed by atoms with E-state index in [2.05, 4.69) is 12.2 Å². The van der Waals surface area contributed by atoms with Gasteiger partial charge in [-0.1, -0.05) is 18.6 Å². The van der Waals surface area contributed by atoms with Gasteiger partial charge in [-0.25, -0.2) is 0 Å². The van der Waals surface area contributed by atoms with Crippen LogP contribution in [-0.4, -0.2) is 0 Å². The first kappa shape index (κ1) is 5.40. The monoisotopic (exact) mass is 134 g/mol. The molecule has 0 aromatic rings. The minimum absolute atomic E-state index is 1.01. The topological polar surface area (TPSA) is 0 Å². The third kappa shape index (κ3) is 0.492. The van der Waals surface area contributed by atoms with Gasteiger partial charge in [-0.2, -0.15) is 0 Å². The summed E-state index contributed by atoms with van der Waals surface area (Å²) in [6.45, 7) is 0. The fourth-order valence-electron chi connectivity index (χ4n) is 3.44. The minimum atomic E-state index is 1.01. The highest BCUT2D eigenvalue weighted by Crippen LogP contribution is 2.55. The molecule has 0 heteroatoms. The number of hydrogen-bond donors (Lipinski definition) is 0. The zero-order chi connectivity index (χ0) is 6.55. The SMILES string of the molecule is C1=CC2C3CCCC2C1C3. The molecule has 0 spiro atoms. The maximum Gasteiger partial charge on any atom is -0.0171 e. The quantitative estimate of drug-likeness (QED) is 0.447. The van der Waals surface area contributed by atoms with Crippen LogP contribution in [0.5, 0.6) is 0 Å². The average Bonchev–Trinajstić information content (AvgIpc) is 2.44. The lowest BCUT2D eigenvalue weighted by Gasteiger charge is -2.25. The zero-order valence-electron chi connectivity index (χ0n) is 6.29. The van der Waals surface area contributed by atoms with E-state index in [-0.39, 0.29) is 0 Å². The van der Waals surface area contributed by atoms with E-state index in [1.54, 1.807) is 0 Å². The largest absolute Gasteiger partial charge is 0.0848 e. The molecule has 0 N–H and O–H groups in total. The van der Waals surface area contributed by atoms with Gasteiger partial charge in [0.15, 0.2) is 0 Å². The van der Waals surface area contributed by atoms with E-state index in [4.69, 9.17) is 0 Å². The molecule has 3 rings (SSSR count). The van der Waals surface area contributed by atoms with E-state index >= 15 is 0 Å². The highest BCUT2D eigenvalue weighted by molar-refractivity contribution is 5.15. The van der Waals surface area contributed by atoms with Crippen LogP contribution in [0.1, 0.15) is 25.7 Å². The van der Waals surface area contributed by atoms with Crippen LogP contribution in [0, 0.1) is 23.7 Å². The van der Waals surface area contributed by atoms with Gasteiger partial charge in [0, 0.05) is 0 Å². The molecule has 0 aliphatic heterocycles. The van der Waals surface area contributed by atoms with Crippen LogP contribution >= 0.6 is 0 Å². The summed E-state index contributed by atoms with van der Waals surface area (Å²) in [4.78, 5) is 0. The molecule has 0 saturated heterocycles. The van der Waals surface area contributed by atoms with Gasteiger partial charge in [0.2, 0.25) is 0 Å². The van der Waals surface area contributed by atoms with Crippen molar-refractivity contribution < 1.29 is 0 Å². The molecule has 2 fully saturated rings. The summed E-state index contributed by atoms with van der Waals surface area (Å²) in [5.41, 5.74) is 0. The van der Waals surface area contributed by atoms with Crippen molar-refractivity contribution in [3.05, 3.63) is 12.2 Å².